The van der Waals surface area contributed by atoms with Crippen LogP contribution in [0.1, 0.15) is 44.7 Å². The molecule has 0 fully saturated rings. The van der Waals surface area contributed by atoms with Crippen molar-refractivity contribution in [3.63, 3.8) is 0 Å². The highest BCUT2D eigenvalue weighted by Crippen LogP contribution is 2.32. The van der Waals surface area contributed by atoms with Crippen molar-refractivity contribution in [1.29, 1.82) is 0 Å². The third-order valence-electron chi connectivity index (χ3n) is 5.79. The zero-order chi connectivity index (χ0) is 28.0. The molecule has 7 nitrogen and oxygen atoms in total. The minimum Gasteiger partial charge on any atom is -0.352 e. The van der Waals surface area contributed by atoms with Crippen LogP contribution in [0.4, 0.5) is 18.9 Å². The Morgan fingerprint density at radius 3 is 2.19 bits per heavy atom. The molecule has 0 aliphatic rings. The van der Waals surface area contributed by atoms with Crippen LogP contribution in [0.2, 0.25) is 5.02 Å². The second-order valence-corrected chi connectivity index (χ2v) is 11.1. The van der Waals surface area contributed by atoms with E-state index in [4.69, 9.17) is 11.6 Å². The predicted molar refractivity (Wildman–Crippen MR) is 138 cm³/mol. The molecule has 37 heavy (non-hydrogen) atoms. The van der Waals surface area contributed by atoms with Crippen molar-refractivity contribution in [2.24, 2.45) is 0 Å². The van der Waals surface area contributed by atoms with Crippen LogP contribution < -0.4 is 9.62 Å². The third-order valence-corrected chi connectivity index (χ3v) is 7.19. The third kappa shape index (κ3) is 8.63. The largest absolute Gasteiger partial charge is 0.416 e. The van der Waals surface area contributed by atoms with Gasteiger partial charge in [0, 0.05) is 17.6 Å². The lowest BCUT2D eigenvalue weighted by Gasteiger charge is -2.33. The number of hydrogen-bond acceptors (Lipinski definition) is 4. The number of benzene rings is 2. The lowest BCUT2D eigenvalue weighted by molar-refractivity contribution is -0.140. The number of alkyl halides is 3. The Bertz CT molecular complexity index is 1190. The van der Waals surface area contributed by atoms with Gasteiger partial charge in [-0.3, -0.25) is 13.9 Å². The van der Waals surface area contributed by atoms with Gasteiger partial charge >= 0.3 is 6.18 Å². The van der Waals surface area contributed by atoms with E-state index in [2.05, 4.69) is 5.32 Å². The zero-order valence-corrected chi connectivity index (χ0v) is 22.6. The van der Waals surface area contributed by atoms with Gasteiger partial charge in [-0.1, -0.05) is 43.6 Å². The average Bonchev–Trinajstić information content (AvgIpc) is 2.82. The molecule has 0 saturated carbocycles. The molecule has 2 amide bonds. The summed E-state index contributed by atoms with van der Waals surface area (Å²) in [5, 5.41) is 3.31. The number of carbonyl (C=O) groups is 2. The van der Waals surface area contributed by atoms with Crippen molar-refractivity contribution in [2.75, 3.05) is 17.1 Å². The van der Waals surface area contributed by atoms with Gasteiger partial charge in [-0.2, -0.15) is 13.2 Å². The molecular formula is C25H31ClF3N3O4S. The topological polar surface area (TPSA) is 86.8 Å². The highest BCUT2D eigenvalue weighted by Gasteiger charge is 2.34. The summed E-state index contributed by atoms with van der Waals surface area (Å²) in [5.41, 5.74) is -0.727. The lowest BCUT2D eigenvalue weighted by atomic mass is 10.1. The van der Waals surface area contributed by atoms with Gasteiger partial charge in [0.15, 0.2) is 0 Å². The number of nitrogens with zero attached hydrogens (tertiary/aromatic N) is 2. The van der Waals surface area contributed by atoms with Gasteiger partial charge in [-0.25, -0.2) is 8.42 Å². The van der Waals surface area contributed by atoms with E-state index in [9.17, 15) is 31.2 Å². The van der Waals surface area contributed by atoms with Crippen LogP contribution in [0, 0.1) is 0 Å². The molecule has 0 unspecified atom stereocenters. The Kier molecular flexibility index (Phi) is 10.4. The summed E-state index contributed by atoms with van der Waals surface area (Å²) in [4.78, 5) is 27.9. The molecule has 1 N–H and O–H groups in total. The normalized spacial score (nSPS) is 13.5. The number of amides is 2. The second-order valence-electron chi connectivity index (χ2n) is 8.71. The van der Waals surface area contributed by atoms with Crippen molar-refractivity contribution < 1.29 is 31.2 Å². The molecule has 0 radical (unpaired) electrons. The maximum absolute atomic E-state index is 13.6. The van der Waals surface area contributed by atoms with Crippen molar-refractivity contribution >= 4 is 39.1 Å². The number of hydrogen-bond donors (Lipinski definition) is 1. The van der Waals surface area contributed by atoms with E-state index in [1.807, 2.05) is 13.8 Å². The Labute approximate surface area is 220 Å². The number of carbonyl (C=O) groups excluding carboxylic acids is 2. The molecule has 0 bridgehead atoms. The fourth-order valence-corrected chi connectivity index (χ4v) is 4.57. The lowest BCUT2D eigenvalue weighted by Crippen LogP contribution is -2.53. The SMILES string of the molecule is CC[C@@H](C)NC(=O)[C@@H](CC)N(Cc1ccc(Cl)cc1)C(=O)CN(c1cccc(C(F)(F)F)c1)S(C)(=O)=O. The molecule has 0 aromatic heterocycles. The smallest absolute Gasteiger partial charge is 0.352 e. The van der Waals surface area contributed by atoms with E-state index in [1.165, 1.54) is 11.0 Å². The summed E-state index contributed by atoms with van der Waals surface area (Å²) in [7, 11) is -4.16. The number of nitrogens with one attached hydrogen (secondary N) is 1. The van der Waals surface area contributed by atoms with Gasteiger partial charge in [0.25, 0.3) is 0 Å². The molecule has 0 aliphatic carbocycles. The average molecular weight is 562 g/mol. The van der Waals surface area contributed by atoms with E-state index in [0.717, 1.165) is 18.4 Å². The molecule has 12 heteroatoms. The van der Waals surface area contributed by atoms with Gasteiger partial charge in [-0.05, 0) is 55.7 Å². The van der Waals surface area contributed by atoms with Crippen LogP contribution in [-0.4, -0.2) is 50.0 Å². The van der Waals surface area contributed by atoms with Crippen LogP contribution in [0.25, 0.3) is 0 Å². The number of halogens is 4. The Morgan fingerprint density at radius 2 is 1.68 bits per heavy atom. The molecule has 2 rings (SSSR count). The van der Waals surface area contributed by atoms with Gasteiger partial charge < -0.3 is 10.2 Å². The van der Waals surface area contributed by atoms with Crippen molar-refractivity contribution in [3.8, 4) is 0 Å². The second kappa shape index (κ2) is 12.6. The molecule has 2 atom stereocenters. The minimum atomic E-state index is -4.70. The maximum Gasteiger partial charge on any atom is 0.416 e. The van der Waals surface area contributed by atoms with Crippen molar-refractivity contribution in [1.82, 2.24) is 10.2 Å². The van der Waals surface area contributed by atoms with Gasteiger partial charge in [-0.15, -0.1) is 0 Å². The molecule has 0 saturated heterocycles. The molecule has 0 aliphatic heterocycles. The summed E-state index contributed by atoms with van der Waals surface area (Å²) in [6, 6.07) is 9.20. The monoisotopic (exact) mass is 561 g/mol. The van der Waals surface area contributed by atoms with E-state index >= 15 is 0 Å². The molecule has 2 aromatic carbocycles. The fourth-order valence-electron chi connectivity index (χ4n) is 3.60. The first kappa shape index (κ1) is 30.4. The van der Waals surface area contributed by atoms with E-state index in [-0.39, 0.29) is 24.7 Å². The summed E-state index contributed by atoms with van der Waals surface area (Å²) in [5.74, 6) is -1.16. The summed E-state index contributed by atoms with van der Waals surface area (Å²) >= 11 is 5.96. The predicted octanol–water partition coefficient (Wildman–Crippen LogP) is 4.85. The van der Waals surface area contributed by atoms with Crippen LogP contribution >= 0.6 is 11.6 Å². The van der Waals surface area contributed by atoms with E-state index in [0.29, 0.717) is 27.4 Å². The van der Waals surface area contributed by atoms with Crippen LogP contribution in [0.5, 0.6) is 0 Å². The first-order chi connectivity index (χ1) is 17.2. The number of sulfonamides is 1. The Balaban J connectivity index is 2.48. The van der Waals surface area contributed by atoms with E-state index < -0.39 is 46.2 Å². The standard InChI is InChI=1S/C25H31ClF3N3O4S/c1-5-17(3)30-24(34)22(6-2)31(15-18-10-12-20(26)13-11-18)23(33)16-32(37(4,35)36)21-9-7-8-19(14-21)25(27,28)29/h7-14,17,22H,5-6,15-16H2,1-4H3,(H,30,34)/t17-,22-/m1/s1. The number of anilines is 1. The first-order valence-electron chi connectivity index (χ1n) is 11.7. The van der Waals surface area contributed by atoms with E-state index in [1.54, 1.807) is 31.2 Å². The first-order valence-corrected chi connectivity index (χ1v) is 13.9. The minimum absolute atomic E-state index is 0.0391. The quantitative estimate of drug-likeness (QED) is 0.425. The van der Waals surface area contributed by atoms with Gasteiger partial charge in [0.05, 0.1) is 17.5 Å². The maximum atomic E-state index is 13.6. The highest BCUT2D eigenvalue weighted by molar-refractivity contribution is 7.92. The Hall–Kier alpha value is -2.79. The Morgan fingerprint density at radius 1 is 1.05 bits per heavy atom. The van der Waals surface area contributed by atoms with Crippen molar-refractivity contribution in [3.05, 3.63) is 64.7 Å². The zero-order valence-electron chi connectivity index (χ0n) is 21.0. The summed E-state index contributed by atoms with van der Waals surface area (Å²) in [6.07, 6.45) is -3.02. The summed E-state index contributed by atoms with van der Waals surface area (Å²) in [6.45, 7) is 4.59. The van der Waals surface area contributed by atoms with Crippen LogP contribution in [-0.2, 0) is 32.3 Å². The highest BCUT2D eigenvalue weighted by atomic mass is 35.5. The van der Waals surface area contributed by atoms with Crippen LogP contribution in [0.15, 0.2) is 48.5 Å². The van der Waals surface area contributed by atoms with Gasteiger partial charge in [0.2, 0.25) is 21.8 Å². The molecule has 2 aromatic rings. The van der Waals surface area contributed by atoms with Crippen LogP contribution in [0.3, 0.4) is 0 Å². The molecule has 0 spiro atoms. The molecular weight excluding hydrogens is 531 g/mol. The fraction of sp³-hybridized carbons (Fsp3) is 0.440. The van der Waals surface area contributed by atoms with Gasteiger partial charge in [0.1, 0.15) is 12.6 Å². The van der Waals surface area contributed by atoms with Crippen molar-refractivity contribution in [2.45, 2.75) is 58.4 Å². The molecule has 204 valence electrons. The molecule has 0 heterocycles. The summed E-state index contributed by atoms with van der Waals surface area (Å²) < 4.78 is 65.6. The number of rotatable bonds is 11.